The molecule has 1 aliphatic rings. The maximum Gasteiger partial charge on any atom is 0.257 e. The number of hydrazine groups is 1. The number of fused-ring (bicyclic) bond motifs is 1. The first-order valence-corrected chi connectivity index (χ1v) is 6.30. The van der Waals surface area contributed by atoms with Crippen LogP contribution in [0.1, 0.15) is 18.5 Å². The monoisotopic (exact) mass is 246 g/mol. The van der Waals surface area contributed by atoms with Gasteiger partial charge < -0.3 is 0 Å². The Kier molecular flexibility index (Phi) is 2.50. The highest BCUT2D eigenvalue weighted by Crippen LogP contribution is 2.34. The van der Waals surface area contributed by atoms with Crippen molar-refractivity contribution in [3.05, 3.63) is 28.8 Å². The SMILES string of the molecule is CC1NN(C)S(=O)(=O)c2c(Cl)cccc21. The second-order valence-electron chi connectivity index (χ2n) is 3.48. The normalized spacial score (nSPS) is 24.9. The van der Waals surface area contributed by atoms with Crippen LogP contribution >= 0.6 is 11.6 Å². The molecule has 0 aromatic heterocycles. The van der Waals surface area contributed by atoms with Gasteiger partial charge in [0.1, 0.15) is 4.90 Å². The number of halogens is 1. The van der Waals surface area contributed by atoms with E-state index in [1.165, 1.54) is 7.05 Å². The van der Waals surface area contributed by atoms with Crippen LogP contribution in [-0.4, -0.2) is 19.9 Å². The molecule has 0 fully saturated rings. The van der Waals surface area contributed by atoms with Gasteiger partial charge in [0.15, 0.2) is 0 Å². The maximum absolute atomic E-state index is 11.9. The van der Waals surface area contributed by atoms with Gasteiger partial charge in [-0.15, -0.1) is 4.41 Å². The lowest BCUT2D eigenvalue weighted by Gasteiger charge is -2.31. The van der Waals surface area contributed by atoms with E-state index in [2.05, 4.69) is 5.43 Å². The standard InChI is InChI=1S/C9H11ClN2O2S/c1-6-7-4-3-5-8(10)9(7)15(13,14)12(2)11-6/h3-6,11H,1-2H3. The quantitative estimate of drug-likeness (QED) is 0.756. The maximum atomic E-state index is 11.9. The molecule has 1 aromatic rings. The Balaban J connectivity index is 2.78. The van der Waals surface area contributed by atoms with E-state index in [1.807, 2.05) is 6.92 Å². The summed E-state index contributed by atoms with van der Waals surface area (Å²) in [7, 11) is -2.02. The lowest BCUT2D eigenvalue weighted by atomic mass is 10.1. The molecule has 1 unspecified atom stereocenters. The molecule has 0 radical (unpaired) electrons. The van der Waals surface area contributed by atoms with Gasteiger partial charge in [0.05, 0.1) is 5.02 Å². The van der Waals surface area contributed by atoms with Crippen molar-refractivity contribution >= 4 is 21.6 Å². The molecule has 1 heterocycles. The zero-order valence-electron chi connectivity index (χ0n) is 8.36. The van der Waals surface area contributed by atoms with Crippen LogP contribution in [0.5, 0.6) is 0 Å². The number of nitrogens with one attached hydrogen (secondary N) is 1. The molecule has 0 aliphatic carbocycles. The molecule has 82 valence electrons. The Morgan fingerprint density at radius 2 is 2.13 bits per heavy atom. The number of nitrogens with zero attached hydrogens (tertiary/aromatic N) is 1. The summed E-state index contributed by atoms with van der Waals surface area (Å²) in [4.78, 5) is 0.209. The topological polar surface area (TPSA) is 49.4 Å². The molecule has 0 spiro atoms. The summed E-state index contributed by atoms with van der Waals surface area (Å²) in [6.45, 7) is 1.89. The van der Waals surface area contributed by atoms with Crippen molar-refractivity contribution < 1.29 is 8.42 Å². The second kappa shape index (κ2) is 3.45. The second-order valence-corrected chi connectivity index (χ2v) is 5.79. The fourth-order valence-electron chi connectivity index (χ4n) is 1.69. The molecule has 0 saturated carbocycles. The van der Waals surface area contributed by atoms with E-state index >= 15 is 0 Å². The van der Waals surface area contributed by atoms with Gasteiger partial charge in [-0.3, -0.25) is 0 Å². The van der Waals surface area contributed by atoms with E-state index in [4.69, 9.17) is 11.6 Å². The highest BCUT2D eigenvalue weighted by Gasteiger charge is 2.34. The zero-order valence-corrected chi connectivity index (χ0v) is 9.93. The predicted octanol–water partition coefficient (Wildman–Crippen LogP) is 1.54. The molecular formula is C9H11ClN2O2S. The van der Waals surface area contributed by atoms with Crippen molar-refractivity contribution in [3.8, 4) is 0 Å². The molecule has 2 rings (SSSR count). The van der Waals surface area contributed by atoms with Crippen molar-refractivity contribution in [3.63, 3.8) is 0 Å². The highest BCUT2D eigenvalue weighted by atomic mass is 35.5. The van der Waals surface area contributed by atoms with Crippen LogP contribution in [0.15, 0.2) is 23.1 Å². The van der Waals surface area contributed by atoms with Crippen molar-refractivity contribution in [2.45, 2.75) is 17.9 Å². The smallest absolute Gasteiger partial charge is 0.234 e. The summed E-state index contributed by atoms with van der Waals surface area (Å²) in [6, 6.07) is 5.04. The van der Waals surface area contributed by atoms with Gasteiger partial charge >= 0.3 is 0 Å². The van der Waals surface area contributed by atoms with E-state index in [1.54, 1.807) is 18.2 Å². The number of rotatable bonds is 0. The van der Waals surface area contributed by atoms with Crippen molar-refractivity contribution in [2.24, 2.45) is 0 Å². The number of sulfonamides is 1. The third kappa shape index (κ3) is 1.56. The minimum atomic E-state index is -3.49. The van der Waals surface area contributed by atoms with Gasteiger partial charge in [0.2, 0.25) is 0 Å². The highest BCUT2D eigenvalue weighted by molar-refractivity contribution is 7.89. The Labute approximate surface area is 93.9 Å². The van der Waals surface area contributed by atoms with E-state index < -0.39 is 10.0 Å². The van der Waals surface area contributed by atoms with E-state index in [9.17, 15) is 8.42 Å². The largest absolute Gasteiger partial charge is 0.257 e. The molecule has 0 saturated heterocycles. The summed E-state index contributed by atoms with van der Waals surface area (Å²) < 4.78 is 25.0. The third-order valence-electron chi connectivity index (χ3n) is 2.46. The summed E-state index contributed by atoms with van der Waals surface area (Å²) in [5.74, 6) is 0. The van der Waals surface area contributed by atoms with Gasteiger partial charge in [0, 0.05) is 13.1 Å². The summed E-state index contributed by atoms with van der Waals surface area (Å²) >= 11 is 5.92. The first kappa shape index (κ1) is 10.9. The molecule has 6 heteroatoms. The molecule has 0 amide bonds. The Hall–Kier alpha value is -0.620. The minimum Gasteiger partial charge on any atom is -0.234 e. The van der Waals surface area contributed by atoms with Crippen LogP contribution in [0, 0.1) is 0 Å². The van der Waals surface area contributed by atoms with Gasteiger partial charge in [-0.1, -0.05) is 23.7 Å². The molecule has 1 aliphatic heterocycles. The summed E-state index contributed by atoms with van der Waals surface area (Å²) in [5, 5.41) is 0.271. The number of benzene rings is 1. The van der Waals surface area contributed by atoms with Crippen molar-refractivity contribution in [1.82, 2.24) is 9.84 Å². The van der Waals surface area contributed by atoms with E-state index in [0.717, 1.165) is 4.41 Å². The van der Waals surface area contributed by atoms with Crippen LogP contribution in [0.4, 0.5) is 0 Å². The first-order chi connectivity index (χ1) is 6.94. The minimum absolute atomic E-state index is 0.0628. The van der Waals surface area contributed by atoms with Crippen LogP contribution in [0.3, 0.4) is 0 Å². The molecule has 0 bridgehead atoms. The molecule has 1 N–H and O–H groups in total. The first-order valence-electron chi connectivity index (χ1n) is 4.48. The van der Waals surface area contributed by atoms with Gasteiger partial charge in [-0.2, -0.15) is 0 Å². The van der Waals surface area contributed by atoms with Crippen LogP contribution in [0.2, 0.25) is 5.02 Å². The van der Waals surface area contributed by atoms with Crippen LogP contribution < -0.4 is 5.43 Å². The summed E-state index contributed by atoms with van der Waals surface area (Å²) in [5.41, 5.74) is 3.55. The van der Waals surface area contributed by atoms with Crippen molar-refractivity contribution in [2.75, 3.05) is 7.05 Å². The number of hydrogen-bond acceptors (Lipinski definition) is 3. The van der Waals surface area contributed by atoms with Crippen LogP contribution in [-0.2, 0) is 10.0 Å². The van der Waals surface area contributed by atoms with Crippen molar-refractivity contribution in [1.29, 1.82) is 0 Å². The average Bonchev–Trinajstić information content (AvgIpc) is 2.14. The molecule has 4 nitrogen and oxygen atoms in total. The Morgan fingerprint density at radius 3 is 2.80 bits per heavy atom. The van der Waals surface area contributed by atoms with E-state index in [-0.39, 0.29) is 16.0 Å². The number of hydrogen-bond donors (Lipinski definition) is 1. The molecule has 1 atom stereocenters. The summed E-state index contributed by atoms with van der Waals surface area (Å²) in [6.07, 6.45) is 0. The fraction of sp³-hybridized carbons (Fsp3) is 0.333. The molecular weight excluding hydrogens is 236 g/mol. The van der Waals surface area contributed by atoms with E-state index in [0.29, 0.717) is 5.56 Å². The zero-order chi connectivity index (χ0) is 11.2. The van der Waals surface area contributed by atoms with Crippen LogP contribution in [0.25, 0.3) is 0 Å². The lowest BCUT2D eigenvalue weighted by Crippen LogP contribution is -2.45. The average molecular weight is 247 g/mol. The Morgan fingerprint density at radius 1 is 1.47 bits per heavy atom. The molecule has 15 heavy (non-hydrogen) atoms. The van der Waals surface area contributed by atoms with Gasteiger partial charge in [-0.05, 0) is 18.6 Å². The van der Waals surface area contributed by atoms with Gasteiger partial charge in [-0.25, -0.2) is 13.8 Å². The van der Waals surface area contributed by atoms with Gasteiger partial charge in [0.25, 0.3) is 10.0 Å². The Bertz CT molecular complexity index is 501. The fourth-order valence-corrected chi connectivity index (χ4v) is 3.59. The third-order valence-corrected chi connectivity index (χ3v) is 4.68. The predicted molar refractivity (Wildman–Crippen MR) is 58.0 cm³/mol. The lowest BCUT2D eigenvalue weighted by molar-refractivity contribution is 0.308. The molecule has 1 aromatic carbocycles.